The second-order valence-electron chi connectivity index (χ2n) is 8.00. The van der Waals surface area contributed by atoms with Crippen LogP contribution in [-0.2, 0) is 9.47 Å². The molecule has 36 heavy (non-hydrogen) atoms. The van der Waals surface area contributed by atoms with Crippen molar-refractivity contribution in [2.75, 3.05) is 19.0 Å². The molecule has 1 atom stereocenters. The average Bonchev–Trinajstić information content (AvgIpc) is 2.94. The topological polar surface area (TPSA) is 64.6 Å². The van der Waals surface area contributed by atoms with E-state index in [9.17, 15) is 9.59 Å². The van der Waals surface area contributed by atoms with Crippen LogP contribution in [0.5, 0.6) is 0 Å². The van der Waals surface area contributed by atoms with Gasteiger partial charge in [-0.05, 0) is 67.4 Å². The van der Waals surface area contributed by atoms with Crippen molar-refractivity contribution in [2.24, 2.45) is 0 Å². The lowest BCUT2D eigenvalue weighted by Crippen LogP contribution is -2.22. The van der Waals surface area contributed by atoms with E-state index in [1.54, 1.807) is 25.1 Å². The summed E-state index contributed by atoms with van der Waals surface area (Å²) in [5, 5.41) is 6.09. The van der Waals surface area contributed by atoms with E-state index in [1.807, 2.05) is 66.7 Å². The number of hydrogen-bond acceptors (Lipinski definition) is 5. The van der Waals surface area contributed by atoms with Gasteiger partial charge in [-0.15, -0.1) is 0 Å². The lowest BCUT2D eigenvalue weighted by Gasteiger charge is -2.31. The molecule has 1 N–H and O–H groups in total. The Balaban J connectivity index is 1.80. The molecule has 0 spiro atoms. The van der Waals surface area contributed by atoms with Gasteiger partial charge in [0.15, 0.2) is 0 Å². The number of ether oxygens (including phenoxy) is 2. The minimum absolute atomic E-state index is 0.164. The first-order valence-electron chi connectivity index (χ1n) is 11.7. The summed E-state index contributed by atoms with van der Waals surface area (Å²) in [5.74, 6) is -0.886. The standard InChI is InChI=1S/C30H28NO4P/c1-3-35-30(33)22-17-19-25(20-18-22)31-28(23-11-10-12-24(21-23)29(32)34-2)36(26-13-6-4-7-14-26)27-15-8-5-9-16-27/h4-21,28,31H,3H2,1-2H3. The summed E-state index contributed by atoms with van der Waals surface area (Å²) in [6.07, 6.45) is 0. The maximum absolute atomic E-state index is 12.3. The van der Waals surface area contributed by atoms with Crippen LogP contribution in [0.15, 0.2) is 109 Å². The predicted molar refractivity (Wildman–Crippen MR) is 146 cm³/mol. The van der Waals surface area contributed by atoms with Gasteiger partial charge in [0.05, 0.1) is 30.6 Å². The molecule has 4 aromatic carbocycles. The predicted octanol–water partition coefficient (Wildman–Crippen LogP) is 5.89. The second-order valence-corrected chi connectivity index (χ2v) is 10.3. The molecular weight excluding hydrogens is 469 g/mol. The van der Waals surface area contributed by atoms with Crippen LogP contribution >= 0.6 is 7.92 Å². The number of benzene rings is 4. The van der Waals surface area contributed by atoms with Crippen molar-refractivity contribution >= 4 is 36.2 Å². The third-order valence-corrected chi connectivity index (χ3v) is 8.30. The van der Waals surface area contributed by atoms with Crippen LogP contribution in [0.4, 0.5) is 5.69 Å². The van der Waals surface area contributed by atoms with Crippen LogP contribution in [-0.4, -0.2) is 25.7 Å². The molecule has 4 aromatic rings. The Morgan fingerprint density at radius 3 is 1.92 bits per heavy atom. The SMILES string of the molecule is CCOC(=O)c1ccc(NC(c2cccc(C(=O)OC)c2)P(c2ccccc2)c2ccccc2)cc1. The van der Waals surface area contributed by atoms with Crippen LogP contribution in [0.2, 0.25) is 0 Å². The van der Waals surface area contributed by atoms with Crippen LogP contribution in [0.25, 0.3) is 0 Å². The summed E-state index contributed by atoms with van der Waals surface area (Å²) >= 11 is 0. The van der Waals surface area contributed by atoms with Crippen molar-refractivity contribution in [2.45, 2.75) is 12.7 Å². The van der Waals surface area contributed by atoms with E-state index >= 15 is 0 Å². The van der Waals surface area contributed by atoms with E-state index in [-0.39, 0.29) is 17.7 Å². The van der Waals surface area contributed by atoms with Gasteiger partial charge in [0, 0.05) is 5.69 Å². The molecule has 6 heteroatoms. The van der Waals surface area contributed by atoms with Crippen molar-refractivity contribution in [1.82, 2.24) is 0 Å². The molecule has 0 fully saturated rings. The smallest absolute Gasteiger partial charge is 0.338 e. The molecule has 0 heterocycles. The highest BCUT2D eigenvalue weighted by atomic mass is 31.1. The highest BCUT2D eigenvalue weighted by molar-refractivity contribution is 7.73. The van der Waals surface area contributed by atoms with Gasteiger partial charge in [-0.25, -0.2) is 9.59 Å². The number of nitrogens with one attached hydrogen (secondary N) is 1. The Labute approximate surface area is 212 Å². The molecule has 0 aromatic heterocycles. The Kier molecular flexibility index (Phi) is 8.48. The van der Waals surface area contributed by atoms with Crippen LogP contribution in [0.3, 0.4) is 0 Å². The van der Waals surface area contributed by atoms with Gasteiger partial charge >= 0.3 is 11.9 Å². The maximum atomic E-state index is 12.3. The molecule has 0 saturated carbocycles. The number of hydrogen-bond donors (Lipinski definition) is 1. The van der Waals surface area contributed by atoms with E-state index < -0.39 is 7.92 Å². The number of carbonyl (C=O) groups is 2. The van der Waals surface area contributed by atoms with Gasteiger partial charge < -0.3 is 14.8 Å². The van der Waals surface area contributed by atoms with Crippen molar-refractivity contribution in [3.8, 4) is 0 Å². The fraction of sp³-hybridized carbons (Fsp3) is 0.133. The molecule has 0 aliphatic rings. The second kappa shape index (κ2) is 12.1. The molecule has 0 bridgehead atoms. The first-order valence-corrected chi connectivity index (χ1v) is 13.1. The van der Waals surface area contributed by atoms with Crippen LogP contribution in [0.1, 0.15) is 39.0 Å². The first kappa shape index (κ1) is 25.2. The molecule has 0 radical (unpaired) electrons. The lowest BCUT2D eigenvalue weighted by atomic mass is 10.1. The van der Waals surface area contributed by atoms with Gasteiger partial charge in [-0.3, -0.25) is 0 Å². The molecule has 182 valence electrons. The molecule has 0 aliphatic carbocycles. The fourth-order valence-corrected chi connectivity index (χ4v) is 6.57. The Morgan fingerprint density at radius 1 is 0.750 bits per heavy atom. The molecule has 5 nitrogen and oxygen atoms in total. The Hall–Kier alpha value is -3.95. The largest absolute Gasteiger partial charge is 0.465 e. The number of anilines is 1. The van der Waals surface area contributed by atoms with Crippen molar-refractivity contribution in [1.29, 1.82) is 0 Å². The van der Waals surface area contributed by atoms with Crippen molar-refractivity contribution in [3.63, 3.8) is 0 Å². The zero-order chi connectivity index (χ0) is 25.3. The van der Waals surface area contributed by atoms with Gasteiger partial charge in [0.2, 0.25) is 0 Å². The maximum Gasteiger partial charge on any atom is 0.338 e. The summed E-state index contributed by atoms with van der Waals surface area (Å²) < 4.78 is 10.1. The first-order chi connectivity index (χ1) is 17.6. The van der Waals surface area contributed by atoms with Crippen LogP contribution < -0.4 is 15.9 Å². The van der Waals surface area contributed by atoms with Gasteiger partial charge in [0.1, 0.15) is 0 Å². The van der Waals surface area contributed by atoms with E-state index in [2.05, 4.69) is 29.6 Å². The van der Waals surface area contributed by atoms with Crippen LogP contribution in [0, 0.1) is 0 Å². The number of carbonyl (C=O) groups excluding carboxylic acids is 2. The zero-order valence-electron chi connectivity index (χ0n) is 20.3. The van der Waals surface area contributed by atoms with E-state index in [1.165, 1.54) is 17.7 Å². The molecule has 0 saturated heterocycles. The van der Waals surface area contributed by atoms with E-state index in [0.717, 1.165) is 11.3 Å². The number of esters is 2. The summed E-state index contributed by atoms with van der Waals surface area (Å²) in [5.41, 5.74) is 2.82. The molecular formula is C30H28NO4P. The van der Waals surface area contributed by atoms with Crippen molar-refractivity contribution in [3.05, 3.63) is 126 Å². The highest BCUT2D eigenvalue weighted by Crippen LogP contribution is 2.49. The highest BCUT2D eigenvalue weighted by Gasteiger charge is 2.27. The van der Waals surface area contributed by atoms with Crippen molar-refractivity contribution < 1.29 is 19.1 Å². The van der Waals surface area contributed by atoms with Gasteiger partial charge in [0.25, 0.3) is 0 Å². The monoisotopic (exact) mass is 497 g/mol. The minimum Gasteiger partial charge on any atom is -0.465 e. The zero-order valence-corrected chi connectivity index (χ0v) is 21.2. The molecule has 0 aliphatic heterocycles. The number of rotatable bonds is 9. The quantitative estimate of drug-likeness (QED) is 0.231. The average molecular weight is 498 g/mol. The lowest BCUT2D eigenvalue weighted by molar-refractivity contribution is 0.0525. The normalized spacial score (nSPS) is 11.5. The Bertz CT molecular complexity index is 1250. The molecule has 4 rings (SSSR count). The van der Waals surface area contributed by atoms with E-state index in [4.69, 9.17) is 9.47 Å². The Morgan fingerprint density at radius 2 is 1.36 bits per heavy atom. The minimum atomic E-state index is -0.931. The van der Waals surface area contributed by atoms with E-state index in [0.29, 0.717) is 17.7 Å². The number of methoxy groups -OCH3 is 1. The summed E-state index contributed by atoms with van der Waals surface area (Å²) in [4.78, 5) is 24.5. The summed E-state index contributed by atoms with van der Waals surface area (Å²) in [6.45, 7) is 2.12. The molecule has 0 amide bonds. The van der Waals surface area contributed by atoms with Gasteiger partial charge in [-0.1, -0.05) is 72.8 Å². The summed E-state index contributed by atoms with van der Waals surface area (Å²) in [6, 6.07) is 35.6. The third kappa shape index (κ3) is 5.99. The van der Waals surface area contributed by atoms with Gasteiger partial charge in [-0.2, -0.15) is 0 Å². The molecule has 1 unspecified atom stereocenters. The third-order valence-electron chi connectivity index (χ3n) is 5.65. The fourth-order valence-electron chi connectivity index (χ4n) is 3.95. The summed E-state index contributed by atoms with van der Waals surface area (Å²) in [7, 11) is 0.455.